The third-order valence-electron chi connectivity index (χ3n) is 1.40. The van der Waals surface area contributed by atoms with E-state index in [1.54, 1.807) is 0 Å². The summed E-state index contributed by atoms with van der Waals surface area (Å²) in [6, 6.07) is 0.297. The fourth-order valence-corrected chi connectivity index (χ4v) is 0.728. The minimum Gasteiger partial charge on any atom is -0.480 e. The van der Waals surface area contributed by atoms with Crippen LogP contribution in [0.4, 0.5) is 0 Å². The van der Waals surface area contributed by atoms with Gasteiger partial charge in [-0.2, -0.15) is 0 Å². The lowest BCUT2D eigenvalue weighted by Crippen LogP contribution is -2.30. The number of nitrogens with one attached hydrogen (secondary N) is 1. The predicted molar refractivity (Wildman–Crippen MR) is 39.6 cm³/mol. The van der Waals surface area contributed by atoms with Gasteiger partial charge in [0.25, 0.3) is 0 Å². The van der Waals surface area contributed by atoms with Gasteiger partial charge in [-0.3, -0.25) is 4.79 Å². The van der Waals surface area contributed by atoms with E-state index in [4.69, 9.17) is 5.11 Å². The number of carboxylic acid groups (broad SMARTS) is 1. The molecule has 1 rings (SSSR count). The van der Waals surface area contributed by atoms with Gasteiger partial charge < -0.3 is 15.2 Å². The summed E-state index contributed by atoms with van der Waals surface area (Å²) in [6.45, 7) is -0.582. The molecule has 0 unspecified atom stereocenters. The molecule has 68 valence electrons. The van der Waals surface area contributed by atoms with Crippen LogP contribution in [-0.4, -0.2) is 36.2 Å². The fourth-order valence-electron chi connectivity index (χ4n) is 0.728. The number of hydrogen-bond acceptors (Lipinski definition) is 3. The van der Waals surface area contributed by atoms with Crippen LogP contribution in [0.2, 0.25) is 0 Å². The quantitative estimate of drug-likeness (QED) is 0.580. The van der Waals surface area contributed by atoms with Crippen LogP contribution in [0.1, 0.15) is 12.8 Å². The Morgan fingerprint density at radius 2 is 2.08 bits per heavy atom. The summed E-state index contributed by atoms with van der Waals surface area (Å²) >= 11 is 0. The van der Waals surface area contributed by atoms with Crippen LogP contribution >= 0.6 is 0 Å². The van der Waals surface area contributed by atoms with Crippen LogP contribution in [0.3, 0.4) is 0 Å². The molecule has 1 aliphatic carbocycles. The van der Waals surface area contributed by atoms with Gasteiger partial charge in [-0.15, -0.1) is 0 Å². The Balaban J connectivity index is 1.97. The van der Waals surface area contributed by atoms with Gasteiger partial charge in [0.15, 0.2) is 0 Å². The van der Waals surface area contributed by atoms with Crippen molar-refractivity contribution in [1.29, 1.82) is 0 Å². The Morgan fingerprint density at radius 1 is 1.42 bits per heavy atom. The number of amides is 1. The molecule has 2 N–H and O–H groups in total. The highest BCUT2D eigenvalue weighted by molar-refractivity contribution is 5.78. The molecule has 0 aromatic rings. The van der Waals surface area contributed by atoms with E-state index in [9.17, 15) is 9.59 Å². The molecule has 1 fully saturated rings. The van der Waals surface area contributed by atoms with E-state index in [-0.39, 0.29) is 12.5 Å². The SMILES string of the molecule is O=C(O)COCC(=O)NC1CC1. The van der Waals surface area contributed by atoms with Gasteiger partial charge in [-0.1, -0.05) is 0 Å². The van der Waals surface area contributed by atoms with Crippen LogP contribution < -0.4 is 5.32 Å². The lowest BCUT2D eigenvalue weighted by atomic mass is 10.6. The number of carbonyl (C=O) groups excluding carboxylic acids is 1. The van der Waals surface area contributed by atoms with Crippen LogP contribution in [-0.2, 0) is 14.3 Å². The molecule has 0 radical (unpaired) electrons. The van der Waals surface area contributed by atoms with Crippen molar-refractivity contribution < 1.29 is 19.4 Å². The molecule has 0 atom stereocenters. The normalized spacial score (nSPS) is 15.7. The van der Waals surface area contributed by atoms with E-state index in [0.29, 0.717) is 6.04 Å². The second kappa shape index (κ2) is 4.06. The topological polar surface area (TPSA) is 75.6 Å². The van der Waals surface area contributed by atoms with Gasteiger partial charge in [-0.05, 0) is 12.8 Å². The van der Waals surface area contributed by atoms with Crippen molar-refractivity contribution in [3.63, 3.8) is 0 Å². The summed E-state index contributed by atoms with van der Waals surface area (Å²) in [5.41, 5.74) is 0. The molecule has 5 heteroatoms. The van der Waals surface area contributed by atoms with Crippen molar-refractivity contribution in [2.75, 3.05) is 13.2 Å². The summed E-state index contributed by atoms with van der Waals surface area (Å²) in [5.74, 6) is -1.30. The zero-order chi connectivity index (χ0) is 8.97. The van der Waals surface area contributed by atoms with Gasteiger partial charge in [-0.25, -0.2) is 4.79 Å². The zero-order valence-corrected chi connectivity index (χ0v) is 6.58. The molecule has 0 saturated heterocycles. The van der Waals surface area contributed by atoms with Crippen molar-refractivity contribution in [3.05, 3.63) is 0 Å². The Hall–Kier alpha value is -1.10. The smallest absolute Gasteiger partial charge is 0.329 e. The second-order valence-electron chi connectivity index (χ2n) is 2.73. The highest BCUT2D eigenvalue weighted by Gasteiger charge is 2.22. The van der Waals surface area contributed by atoms with Gasteiger partial charge in [0.2, 0.25) is 5.91 Å². The molecule has 0 bridgehead atoms. The molecule has 5 nitrogen and oxygen atoms in total. The van der Waals surface area contributed by atoms with E-state index in [1.165, 1.54) is 0 Å². The predicted octanol–water partition coefficient (Wildman–Crippen LogP) is -0.634. The van der Waals surface area contributed by atoms with E-state index in [2.05, 4.69) is 10.1 Å². The highest BCUT2D eigenvalue weighted by Crippen LogP contribution is 2.18. The molecular formula is C7H11NO4. The summed E-state index contributed by atoms with van der Waals surface area (Å²) < 4.78 is 4.57. The molecule has 1 amide bonds. The van der Waals surface area contributed by atoms with Crippen molar-refractivity contribution in [3.8, 4) is 0 Å². The van der Waals surface area contributed by atoms with Gasteiger partial charge in [0, 0.05) is 6.04 Å². The Bertz CT molecular complexity index is 188. The molecule has 0 aromatic heterocycles. The van der Waals surface area contributed by atoms with E-state index in [0.717, 1.165) is 12.8 Å². The monoisotopic (exact) mass is 173 g/mol. The summed E-state index contributed by atoms with van der Waals surface area (Å²) in [4.78, 5) is 20.8. The minimum atomic E-state index is -1.06. The summed E-state index contributed by atoms with van der Waals surface area (Å²) in [5, 5.41) is 10.8. The first-order valence-corrected chi connectivity index (χ1v) is 3.77. The van der Waals surface area contributed by atoms with Crippen molar-refractivity contribution in [2.24, 2.45) is 0 Å². The van der Waals surface area contributed by atoms with Crippen LogP contribution in [0.15, 0.2) is 0 Å². The molecule has 0 aromatic carbocycles. The van der Waals surface area contributed by atoms with Crippen LogP contribution in [0.5, 0.6) is 0 Å². The molecule has 0 aliphatic heterocycles. The molecule has 0 spiro atoms. The maximum absolute atomic E-state index is 10.8. The van der Waals surface area contributed by atoms with Gasteiger partial charge in [0.1, 0.15) is 13.2 Å². The minimum absolute atomic E-state index is 0.164. The lowest BCUT2D eigenvalue weighted by Gasteiger charge is -2.01. The van der Waals surface area contributed by atoms with Crippen molar-refractivity contribution in [1.82, 2.24) is 5.32 Å². The van der Waals surface area contributed by atoms with Gasteiger partial charge in [0.05, 0.1) is 0 Å². The number of carboxylic acids is 1. The highest BCUT2D eigenvalue weighted by atomic mass is 16.5. The maximum atomic E-state index is 10.8. The summed E-state index contributed by atoms with van der Waals surface area (Å²) in [6.07, 6.45) is 2.04. The van der Waals surface area contributed by atoms with E-state index in [1.807, 2.05) is 0 Å². The summed E-state index contributed by atoms with van der Waals surface area (Å²) in [7, 11) is 0. The molecule has 1 aliphatic rings. The Morgan fingerprint density at radius 3 is 2.58 bits per heavy atom. The van der Waals surface area contributed by atoms with E-state index >= 15 is 0 Å². The lowest BCUT2D eigenvalue weighted by molar-refractivity contribution is -0.143. The third-order valence-corrected chi connectivity index (χ3v) is 1.40. The fraction of sp³-hybridized carbons (Fsp3) is 0.714. The van der Waals surface area contributed by atoms with Crippen molar-refractivity contribution >= 4 is 11.9 Å². The molecule has 1 saturated carbocycles. The average Bonchev–Trinajstić information content (AvgIpc) is 2.70. The number of ether oxygens (including phenoxy) is 1. The third kappa shape index (κ3) is 3.92. The van der Waals surface area contributed by atoms with Crippen LogP contribution in [0.25, 0.3) is 0 Å². The Kier molecular flexibility index (Phi) is 3.04. The number of rotatable bonds is 5. The number of carbonyl (C=O) groups is 2. The zero-order valence-electron chi connectivity index (χ0n) is 6.58. The van der Waals surface area contributed by atoms with Crippen molar-refractivity contribution in [2.45, 2.75) is 18.9 Å². The first-order chi connectivity index (χ1) is 5.68. The average molecular weight is 173 g/mol. The number of aliphatic carboxylic acids is 1. The molecule has 12 heavy (non-hydrogen) atoms. The van der Waals surface area contributed by atoms with Gasteiger partial charge >= 0.3 is 5.97 Å². The number of hydrogen-bond donors (Lipinski definition) is 2. The van der Waals surface area contributed by atoms with E-state index < -0.39 is 12.6 Å². The first kappa shape index (κ1) is 8.99. The first-order valence-electron chi connectivity index (χ1n) is 3.77. The molecule has 0 heterocycles. The maximum Gasteiger partial charge on any atom is 0.329 e. The van der Waals surface area contributed by atoms with Crippen LogP contribution in [0, 0.1) is 0 Å². The largest absolute Gasteiger partial charge is 0.480 e. The standard InChI is InChI=1S/C7H11NO4/c9-6(8-5-1-2-5)3-12-4-7(10)11/h5H,1-4H2,(H,8,9)(H,10,11). The molecular weight excluding hydrogens is 162 g/mol. The Labute approximate surface area is 69.7 Å². The second-order valence-corrected chi connectivity index (χ2v) is 2.73.